The lowest BCUT2D eigenvalue weighted by Crippen LogP contribution is -2.15. The predicted octanol–water partition coefficient (Wildman–Crippen LogP) is 3.31. The maximum Gasteiger partial charge on any atom is 0.421 e. The molecule has 6 nitrogen and oxygen atoms in total. The molecule has 0 aliphatic rings. The monoisotopic (exact) mass is 447 g/mol. The molecule has 10 heteroatoms. The molecule has 0 aliphatic carbocycles. The van der Waals surface area contributed by atoms with Crippen LogP contribution < -0.4 is 4.74 Å². The van der Waals surface area contributed by atoms with Crippen molar-refractivity contribution < 1.29 is 37.2 Å². The van der Waals surface area contributed by atoms with Gasteiger partial charge < -0.3 is 24.1 Å². The van der Waals surface area contributed by atoms with Crippen molar-refractivity contribution in [1.82, 2.24) is 4.98 Å². The van der Waals surface area contributed by atoms with Crippen LogP contribution in [0.5, 0.6) is 5.88 Å². The molecule has 1 rings (SSSR count). The SMILES string of the molecule is CC.OCCOCCOCCOCCOc1ncc(Br)cc1C(F)(F)F. The fourth-order valence-corrected chi connectivity index (χ4v) is 1.88. The maximum absolute atomic E-state index is 12.8. The van der Waals surface area contributed by atoms with Crippen LogP contribution in [0.15, 0.2) is 16.7 Å². The summed E-state index contributed by atoms with van der Waals surface area (Å²) in [5.41, 5.74) is -0.942. The van der Waals surface area contributed by atoms with Gasteiger partial charge in [-0.25, -0.2) is 4.98 Å². The number of pyridine rings is 1. The van der Waals surface area contributed by atoms with Crippen LogP contribution in [0.3, 0.4) is 0 Å². The Hall–Kier alpha value is -0.940. The highest BCUT2D eigenvalue weighted by molar-refractivity contribution is 9.10. The molecule has 0 fully saturated rings. The van der Waals surface area contributed by atoms with E-state index in [1.807, 2.05) is 13.8 Å². The maximum atomic E-state index is 12.8. The molecule has 1 aromatic rings. The van der Waals surface area contributed by atoms with E-state index >= 15 is 0 Å². The van der Waals surface area contributed by atoms with E-state index in [-0.39, 0.29) is 37.5 Å². The van der Waals surface area contributed by atoms with Crippen molar-refractivity contribution >= 4 is 15.9 Å². The van der Waals surface area contributed by atoms with Crippen molar-refractivity contribution in [1.29, 1.82) is 0 Å². The lowest BCUT2D eigenvalue weighted by molar-refractivity contribution is -0.139. The van der Waals surface area contributed by atoms with Crippen LogP contribution in [-0.2, 0) is 20.4 Å². The minimum absolute atomic E-state index is 0.0353. The average molecular weight is 448 g/mol. The highest BCUT2D eigenvalue weighted by Gasteiger charge is 2.35. The van der Waals surface area contributed by atoms with Crippen molar-refractivity contribution in [2.24, 2.45) is 0 Å². The van der Waals surface area contributed by atoms with Crippen molar-refractivity contribution in [2.75, 3.05) is 52.9 Å². The van der Waals surface area contributed by atoms with E-state index < -0.39 is 17.6 Å². The van der Waals surface area contributed by atoms with Gasteiger partial charge in [0.2, 0.25) is 5.88 Å². The summed E-state index contributed by atoms with van der Waals surface area (Å²) in [7, 11) is 0. The summed E-state index contributed by atoms with van der Waals surface area (Å²) < 4.78 is 59.1. The van der Waals surface area contributed by atoms with Crippen LogP contribution in [0.25, 0.3) is 0 Å². The van der Waals surface area contributed by atoms with Crippen LogP contribution >= 0.6 is 15.9 Å². The summed E-state index contributed by atoms with van der Waals surface area (Å²) in [5, 5.41) is 8.48. The van der Waals surface area contributed by atoms with E-state index in [0.29, 0.717) is 19.8 Å². The number of rotatable bonds is 12. The molecular weight excluding hydrogens is 423 g/mol. The van der Waals surface area contributed by atoms with Gasteiger partial charge in [0.25, 0.3) is 0 Å². The number of aliphatic hydroxyl groups is 1. The minimum Gasteiger partial charge on any atom is -0.475 e. The first-order valence-electron chi connectivity index (χ1n) is 8.14. The molecule has 152 valence electrons. The fraction of sp³-hybridized carbons (Fsp3) is 0.688. The van der Waals surface area contributed by atoms with Gasteiger partial charge in [-0.3, -0.25) is 0 Å². The number of nitrogens with zero attached hydrogens (tertiary/aromatic N) is 1. The smallest absolute Gasteiger partial charge is 0.421 e. The zero-order valence-electron chi connectivity index (χ0n) is 14.9. The molecule has 0 aromatic carbocycles. The van der Waals surface area contributed by atoms with Gasteiger partial charge >= 0.3 is 6.18 Å². The van der Waals surface area contributed by atoms with Crippen molar-refractivity contribution in [3.05, 3.63) is 22.3 Å². The number of hydrogen-bond donors (Lipinski definition) is 1. The summed E-state index contributed by atoms with van der Waals surface area (Å²) in [6.45, 7) is 5.64. The highest BCUT2D eigenvalue weighted by Crippen LogP contribution is 2.36. The molecule has 0 radical (unpaired) electrons. The molecule has 1 heterocycles. The molecule has 0 atom stereocenters. The first-order chi connectivity index (χ1) is 12.4. The molecule has 1 aromatic heterocycles. The minimum atomic E-state index is -4.54. The molecule has 0 amide bonds. The Morgan fingerprint density at radius 3 is 1.96 bits per heavy atom. The summed E-state index contributed by atoms with van der Waals surface area (Å²) in [4.78, 5) is 3.63. The van der Waals surface area contributed by atoms with Crippen molar-refractivity contribution in [2.45, 2.75) is 20.0 Å². The lowest BCUT2D eigenvalue weighted by Gasteiger charge is -2.13. The molecule has 26 heavy (non-hydrogen) atoms. The molecule has 0 unspecified atom stereocenters. The van der Waals surface area contributed by atoms with Crippen LogP contribution in [0.4, 0.5) is 13.2 Å². The molecule has 0 spiro atoms. The largest absolute Gasteiger partial charge is 0.475 e. The Morgan fingerprint density at radius 1 is 0.962 bits per heavy atom. The van der Waals surface area contributed by atoms with Crippen LogP contribution in [0.1, 0.15) is 19.4 Å². The van der Waals surface area contributed by atoms with E-state index in [1.165, 1.54) is 6.20 Å². The molecule has 0 saturated carbocycles. The average Bonchev–Trinajstić information content (AvgIpc) is 2.61. The number of halogens is 4. The third kappa shape index (κ3) is 11.6. The number of aromatic nitrogens is 1. The highest BCUT2D eigenvalue weighted by atomic mass is 79.9. The Kier molecular flexibility index (Phi) is 14.6. The van der Waals surface area contributed by atoms with E-state index in [2.05, 4.69) is 20.9 Å². The third-order valence-electron chi connectivity index (χ3n) is 2.57. The molecule has 1 N–H and O–H groups in total. The second-order valence-corrected chi connectivity index (χ2v) is 5.33. The van der Waals surface area contributed by atoms with Crippen LogP contribution in [0.2, 0.25) is 0 Å². The van der Waals surface area contributed by atoms with E-state index in [0.717, 1.165) is 6.07 Å². The first-order valence-corrected chi connectivity index (χ1v) is 8.94. The van der Waals surface area contributed by atoms with Gasteiger partial charge in [0.15, 0.2) is 0 Å². The summed E-state index contributed by atoms with van der Waals surface area (Å²) in [5.74, 6) is -0.480. The fourth-order valence-electron chi connectivity index (χ4n) is 1.55. The van der Waals surface area contributed by atoms with E-state index in [1.54, 1.807) is 0 Å². The quantitative estimate of drug-likeness (QED) is 0.495. The summed E-state index contributed by atoms with van der Waals surface area (Å²) >= 11 is 2.95. The standard InChI is InChI=1S/C14H19BrF3NO5.C2H6/c15-11-9-12(14(16,17)18)13(19-10-11)24-8-7-23-6-5-22-4-3-21-2-1-20;1-2/h9-10,20H,1-8H2;1-2H3. The number of hydrogen-bond acceptors (Lipinski definition) is 6. The van der Waals surface area contributed by atoms with Gasteiger partial charge in [0, 0.05) is 10.7 Å². The predicted molar refractivity (Wildman–Crippen MR) is 93.3 cm³/mol. The van der Waals surface area contributed by atoms with Gasteiger partial charge in [-0.15, -0.1) is 0 Å². The van der Waals surface area contributed by atoms with Gasteiger partial charge in [-0.05, 0) is 22.0 Å². The zero-order valence-corrected chi connectivity index (χ0v) is 16.4. The van der Waals surface area contributed by atoms with E-state index in [4.69, 9.17) is 24.1 Å². The van der Waals surface area contributed by atoms with Gasteiger partial charge in [0.1, 0.15) is 12.2 Å². The second kappa shape index (κ2) is 15.2. The van der Waals surface area contributed by atoms with Gasteiger partial charge in [-0.2, -0.15) is 13.2 Å². The number of aliphatic hydroxyl groups excluding tert-OH is 1. The van der Waals surface area contributed by atoms with Gasteiger partial charge in [0.05, 0.1) is 46.2 Å². The Labute approximate surface area is 159 Å². The Balaban J connectivity index is 0.00000301. The third-order valence-corrected chi connectivity index (χ3v) is 3.00. The normalized spacial score (nSPS) is 11.0. The Morgan fingerprint density at radius 2 is 1.46 bits per heavy atom. The second-order valence-electron chi connectivity index (χ2n) is 4.41. The molecule has 0 saturated heterocycles. The van der Waals surface area contributed by atoms with Crippen LogP contribution in [-0.4, -0.2) is 62.9 Å². The number of alkyl halides is 3. The van der Waals surface area contributed by atoms with Gasteiger partial charge in [-0.1, -0.05) is 13.8 Å². The lowest BCUT2D eigenvalue weighted by atomic mass is 10.2. The molecule has 0 aliphatic heterocycles. The van der Waals surface area contributed by atoms with Crippen molar-refractivity contribution in [3.63, 3.8) is 0 Å². The molecular formula is C16H25BrF3NO5. The molecule has 0 bridgehead atoms. The van der Waals surface area contributed by atoms with E-state index in [9.17, 15) is 13.2 Å². The number of ether oxygens (including phenoxy) is 4. The van der Waals surface area contributed by atoms with Crippen molar-refractivity contribution in [3.8, 4) is 5.88 Å². The summed E-state index contributed by atoms with van der Waals surface area (Å²) in [6, 6.07) is 0.913. The zero-order chi connectivity index (χ0) is 19.8. The van der Waals surface area contributed by atoms with Crippen LogP contribution in [0, 0.1) is 0 Å². The topological polar surface area (TPSA) is 70.0 Å². The first kappa shape index (κ1) is 25.1. The Bertz CT molecular complexity index is 478. The summed E-state index contributed by atoms with van der Waals surface area (Å²) in [6.07, 6.45) is -3.31.